The maximum absolute atomic E-state index is 12.8. The van der Waals surface area contributed by atoms with Crippen LogP contribution in [-0.4, -0.2) is 68.8 Å². The molecule has 0 radical (unpaired) electrons. The molecule has 1 unspecified atom stereocenters. The van der Waals surface area contributed by atoms with Crippen LogP contribution < -0.4 is 10.2 Å². The van der Waals surface area contributed by atoms with Gasteiger partial charge in [0.2, 0.25) is 0 Å². The molecule has 1 saturated heterocycles. The van der Waals surface area contributed by atoms with Crippen molar-refractivity contribution in [3.63, 3.8) is 0 Å². The van der Waals surface area contributed by atoms with Gasteiger partial charge in [0.05, 0.1) is 23.3 Å². The lowest BCUT2D eigenvalue weighted by atomic mass is 9.79. The van der Waals surface area contributed by atoms with Gasteiger partial charge >= 0.3 is 7.12 Å². The van der Waals surface area contributed by atoms with Crippen LogP contribution in [0.1, 0.15) is 48.4 Å². The maximum Gasteiger partial charge on any atom is 0.494 e. The summed E-state index contributed by atoms with van der Waals surface area (Å²) < 4.78 is 23.6. The van der Waals surface area contributed by atoms with Crippen LogP contribution in [0.3, 0.4) is 0 Å². The van der Waals surface area contributed by atoms with E-state index in [2.05, 4.69) is 0 Å². The topological polar surface area (TPSA) is 74.3 Å². The Morgan fingerprint density at radius 2 is 1.67 bits per heavy atom. The zero-order valence-electron chi connectivity index (χ0n) is 20.2. The van der Waals surface area contributed by atoms with Gasteiger partial charge in [-0.25, -0.2) is 0 Å². The van der Waals surface area contributed by atoms with E-state index in [1.54, 1.807) is 38.4 Å². The van der Waals surface area contributed by atoms with Crippen molar-refractivity contribution >= 4 is 24.8 Å². The number of aldehydes is 1. The summed E-state index contributed by atoms with van der Waals surface area (Å²) in [6, 6.07) is 14.3. The first-order chi connectivity index (χ1) is 15.6. The van der Waals surface area contributed by atoms with Crippen LogP contribution >= 0.6 is 0 Å². The second kappa shape index (κ2) is 10.1. The van der Waals surface area contributed by atoms with Crippen LogP contribution in [0.5, 0.6) is 5.75 Å². The van der Waals surface area contributed by atoms with Crippen molar-refractivity contribution in [3.05, 3.63) is 59.7 Å². The Morgan fingerprint density at radius 1 is 1.06 bits per heavy atom. The van der Waals surface area contributed by atoms with Gasteiger partial charge in [-0.05, 0) is 51.4 Å². The summed E-state index contributed by atoms with van der Waals surface area (Å²) in [4.78, 5) is 25.5. The van der Waals surface area contributed by atoms with E-state index >= 15 is 0 Å². The van der Waals surface area contributed by atoms with Gasteiger partial charge in [-0.15, -0.1) is 0 Å². The molecule has 0 spiro atoms. The first-order valence-electron chi connectivity index (χ1n) is 11.0. The Kier molecular flexibility index (Phi) is 7.62. The molecule has 1 fully saturated rings. The molecule has 33 heavy (non-hydrogen) atoms. The van der Waals surface area contributed by atoms with E-state index in [0.29, 0.717) is 29.7 Å². The number of likely N-dealkylation sites (N-methyl/N-ethyl adjacent to an activating group) is 1. The summed E-state index contributed by atoms with van der Waals surface area (Å²) in [6.45, 7) is 8.67. The highest BCUT2D eigenvalue weighted by Crippen LogP contribution is 2.36. The highest BCUT2D eigenvalue weighted by molar-refractivity contribution is 6.62. The molecule has 1 aliphatic rings. The van der Waals surface area contributed by atoms with Crippen LogP contribution in [0.2, 0.25) is 0 Å². The third-order valence-electron chi connectivity index (χ3n) is 6.32. The van der Waals surface area contributed by atoms with E-state index in [9.17, 15) is 9.59 Å². The fraction of sp³-hybridized carbons (Fsp3) is 0.440. The third-order valence-corrected chi connectivity index (χ3v) is 6.32. The lowest BCUT2D eigenvalue weighted by molar-refractivity contribution is 0.00578. The van der Waals surface area contributed by atoms with Crippen molar-refractivity contribution in [1.82, 2.24) is 4.90 Å². The Balaban J connectivity index is 1.56. The quantitative estimate of drug-likeness (QED) is 0.430. The summed E-state index contributed by atoms with van der Waals surface area (Å²) in [7, 11) is 2.83. The van der Waals surface area contributed by atoms with E-state index in [1.807, 2.05) is 52.0 Å². The minimum Gasteiger partial charge on any atom is -0.491 e. The Hall–Kier alpha value is -2.68. The van der Waals surface area contributed by atoms with E-state index in [4.69, 9.17) is 18.8 Å². The molecule has 8 heteroatoms. The van der Waals surface area contributed by atoms with Gasteiger partial charge in [0.25, 0.3) is 5.91 Å². The number of rotatable bonds is 9. The number of carbonyl (C=O) groups excluding carboxylic acids is 2. The highest BCUT2D eigenvalue weighted by atomic mass is 16.7. The first-order valence-corrected chi connectivity index (χ1v) is 11.0. The highest BCUT2D eigenvalue weighted by Gasteiger charge is 2.51. The third kappa shape index (κ3) is 5.64. The number of ether oxygens (including phenoxy) is 2. The average Bonchev–Trinajstić information content (AvgIpc) is 3.02. The van der Waals surface area contributed by atoms with Crippen molar-refractivity contribution in [3.8, 4) is 5.75 Å². The lowest BCUT2D eigenvalue weighted by Gasteiger charge is -2.32. The van der Waals surface area contributed by atoms with Crippen molar-refractivity contribution in [2.24, 2.45) is 0 Å². The Morgan fingerprint density at radius 3 is 2.24 bits per heavy atom. The van der Waals surface area contributed by atoms with Crippen LogP contribution in [0.15, 0.2) is 48.5 Å². The van der Waals surface area contributed by atoms with Gasteiger partial charge < -0.3 is 23.7 Å². The van der Waals surface area contributed by atoms with Gasteiger partial charge in [0, 0.05) is 19.7 Å². The second-order valence-corrected chi connectivity index (χ2v) is 9.22. The van der Waals surface area contributed by atoms with Crippen molar-refractivity contribution in [2.45, 2.75) is 45.0 Å². The molecule has 1 aliphatic heterocycles. The van der Waals surface area contributed by atoms with Crippen LogP contribution in [0.25, 0.3) is 0 Å². The molecule has 3 rings (SSSR count). The minimum absolute atomic E-state index is 0.244. The fourth-order valence-electron chi connectivity index (χ4n) is 3.47. The van der Waals surface area contributed by atoms with E-state index < -0.39 is 18.3 Å². The molecule has 7 nitrogen and oxygen atoms in total. The molecule has 0 saturated carbocycles. The predicted octanol–water partition coefficient (Wildman–Crippen LogP) is 2.96. The van der Waals surface area contributed by atoms with Gasteiger partial charge in [0.1, 0.15) is 18.5 Å². The number of amides is 1. The molecule has 0 aromatic heterocycles. The zero-order valence-corrected chi connectivity index (χ0v) is 20.2. The van der Waals surface area contributed by atoms with E-state index in [0.717, 1.165) is 5.46 Å². The molecule has 2 aromatic carbocycles. The smallest absolute Gasteiger partial charge is 0.491 e. The van der Waals surface area contributed by atoms with Crippen molar-refractivity contribution < 1.29 is 28.4 Å². The summed E-state index contributed by atoms with van der Waals surface area (Å²) in [5, 5.41) is 0. The van der Waals surface area contributed by atoms with Crippen LogP contribution in [0.4, 0.5) is 0 Å². The summed E-state index contributed by atoms with van der Waals surface area (Å²) in [5.74, 6) is 0.434. The van der Waals surface area contributed by atoms with E-state index in [-0.39, 0.29) is 18.6 Å². The van der Waals surface area contributed by atoms with Gasteiger partial charge in [0.15, 0.2) is 6.29 Å². The molecule has 1 heterocycles. The predicted molar refractivity (Wildman–Crippen MR) is 127 cm³/mol. The summed E-state index contributed by atoms with van der Waals surface area (Å²) >= 11 is 0. The molecular weight excluding hydrogens is 421 g/mol. The number of hydrogen-bond donors (Lipinski definition) is 0. The largest absolute Gasteiger partial charge is 0.494 e. The van der Waals surface area contributed by atoms with Gasteiger partial charge in [-0.1, -0.05) is 30.3 Å². The maximum atomic E-state index is 12.8. The normalized spacial score (nSPS) is 17.5. The minimum atomic E-state index is -0.426. The number of carbonyl (C=O) groups is 2. The SMILES string of the molecule is COC(COc1ccc(B2OC(C)(C)C(C)(C)O2)cc1)CN(C)C(=O)c1ccccc1C=O. The zero-order chi connectivity index (χ0) is 24.2. The molecular formula is C25H32BNO6. The Bertz CT molecular complexity index is 959. The number of hydrogen-bond acceptors (Lipinski definition) is 6. The van der Waals surface area contributed by atoms with Crippen molar-refractivity contribution in [2.75, 3.05) is 27.3 Å². The lowest BCUT2D eigenvalue weighted by Crippen LogP contribution is -2.41. The number of nitrogens with zero attached hydrogens (tertiary/aromatic N) is 1. The second-order valence-electron chi connectivity index (χ2n) is 9.22. The summed E-state index contributed by atoms with van der Waals surface area (Å²) in [6.07, 6.45) is 0.343. The average molecular weight is 453 g/mol. The van der Waals surface area contributed by atoms with Gasteiger partial charge in [-0.3, -0.25) is 9.59 Å². The molecule has 1 amide bonds. The molecule has 0 bridgehead atoms. The Labute approximate surface area is 196 Å². The first kappa shape index (κ1) is 25.0. The molecule has 176 valence electrons. The monoisotopic (exact) mass is 453 g/mol. The molecule has 0 N–H and O–H groups in total. The van der Waals surface area contributed by atoms with Crippen molar-refractivity contribution in [1.29, 1.82) is 0 Å². The molecule has 0 aliphatic carbocycles. The standard InChI is InChI=1S/C25H32BNO6/c1-24(2)25(3,4)33-26(32-24)19-11-13-20(14-12-19)31-17-21(30-6)15-27(5)23(29)22-10-8-7-9-18(22)16-28/h7-14,16,21H,15,17H2,1-6H3. The number of benzene rings is 2. The van der Waals surface area contributed by atoms with Crippen LogP contribution in [0, 0.1) is 0 Å². The number of methoxy groups -OCH3 is 1. The van der Waals surface area contributed by atoms with Gasteiger partial charge in [-0.2, -0.15) is 0 Å². The van der Waals surface area contributed by atoms with E-state index in [1.165, 1.54) is 4.90 Å². The molecule has 1 atom stereocenters. The molecule has 2 aromatic rings. The fourth-order valence-corrected chi connectivity index (χ4v) is 3.47. The summed E-state index contributed by atoms with van der Waals surface area (Å²) in [5.41, 5.74) is 0.858. The van der Waals surface area contributed by atoms with Crippen LogP contribution in [-0.2, 0) is 14.0 Å².